The molecule has 7 nitrogen and oxygen atoms in total. The maximum Gasteiger partial charge on any atom is 0.573 e. The van der Waals surface area contributed by atoms with Crippen LogP contribution >= 0.6 is 11.8 Å². The molecule has 0 N–H and O–H groups in total. The van der Waals surface area contributed by atoms with Gasteiger partial charge in [-0.3, -0.25) is 4.79 Å². The number of rotatable bonds is 10. The van der Waals surface area contributed by atoms with Crippen molar-refractivity contribution in [1.29, 1.82) is 0 Å². The second-order valence-electron chi connectivity index (χ2n) is 11.2. The van der Waals surface area contributed by atoms with E-state index >= 15 is 0 Å². The summed E-state index contributed by atoms with van der Waals surface area (Å²) in [4.78, 5) is 23.6. The molecular weight excluding hydrogens is 606 g/mol. The van der Waals surface area contributed by atoms with Crippen molar-refractivity contribution in [3.8, 4) is 22.8 Å². The lowest BCUT2D eigenvalue weighted by molar-refractivity contribution is -0.274. The Morgan fingerprint density at radius 2 is 1.78 bits per heavy atom. The van der Waals surface area contributed by atoms with Gasteiger partial charge in [0.05, 0.1) is 5.69 Å². The number of benzene rings is 3. The van der Waals surface area contributed by atoms with Crippen LogP contribution in [-0.2, 0) is 11.2 Å². The van der Waals surface area contributed by atoms with E-state index in [1.54, 1.807) is 23.9 Å². The summed E-state index contributed by atoms with van der Waals surface area (Å²) >= 11 is 1.54. The Hall–Kier alpha value is -4.19. The highest BCUT2D eigenvalue weighted by atomic mass is 32.2. The normalized spacial score (nSPS) is 15.2. The van der Waals surface area contributed by atoms with Gasteiger partial charge in [0.25, 0.3) is 0 Å². The van der Waals surface area contributed by atoms with E-state index in [9.17, 15) is 22.4 Å². The van der Waals surface area contributed by atoms with Crippen LogP contribution in [-0.4, -0.2) is 44.5 Å². The minimum Gasteiger partial charge on any atom is -0.406 e. The van der Waals surface area contributed by atoms with E-state index in [1.165, 1.54) is 41.3 Å². The van der Waals surface area contributed by atoms with Gasteiger partial charge in [-0.05, 0) is 78.3 Å². The number of halogens is 4. The smallest absolute Gasteiger partial charge is 0.406 e. The molecular formula is C33H33F4N5O2S. The molecule has 0 saturated carbocycles. The molecule has 4 aromatic rings. The number of carbonyl (C=O) groups is 1. The van der Waals surface area contributed by atoms with Crippen LogP contribution in [0.25, 0.3) is 17.1 Å². The quantitative estimate of drug-likeness (QED) is 0.163. The number of amidine groups is 1. The molecule has 1 unspecified atom stereocenters. The molecule has 1 saturated heterocycles. The van der Waals surface area contributed by atoms with Crippen LogP contribution in [0.3, 0.4) is 0 Å². The van der Waals surface area contributed by atoms with Gasteiger partial charge in [0.1, 0.15) is 17.9 Å². The van der Waals surface area contributed by atoms with Crippen LogP contribution in [0, 0.1) is 11.7 Å². The molecule has 1 aromatic heterocycles. The number of anilines is 1. The van der Waals surface area contributed by atoms with Crippen molar-refractivity contribution in [2.45, 2.75) is 52.3 Å². The summed E-state index contributed by atoms with van der Waals surface area (Å²) in [6.45, 7) is 6.87. The number of hydrogen-bond donors (Lipinski definition) is 0. The van der Waals surface area contributed by atoms with Crippen molar-refractivity contribution in [2.24, 2.45) is 10.9 Å². The van der Waals surface area contributed by atoms with Gasteiger partial charge in [0.2, 0.25) is 5.91 Å². The molecule has 2 heterocycles. The van der Waals surface area contributed by atoms with Gasteiger partial charge < -0.3 is 9.64 Å². The Morgan fingerprint density at radius 3 is 2.47 bits per heavy atom. The molecule has 5 rings (SSSR count). The maximum atomic E-state index is 13.9. The molecule has 0 aliphatic carbocycles. The molecule has 1 aliphatic heterocycles. The van der Waals surface area contributed by atoms with Gasteiger partial charge in [0.15, 0.2) is 11.0 Å². The Morgan fingerprint density at radius 1 is 1.04 bits per heavy atom. The predicted molar refractivity (Wildman–Crippen MR) is 168 cm³/mol. The highest BCUT2D eigenvalue weighted by molar-refractivity contribution is 8.14. The van der Waals surface area contributed by atoms with E-state index in [4.69, 9.17) is 0 Å². The van der Waals surface area contributed by atoms with E-state index < -0.39 is 6.36 Å². The van der Waals surface area contributed by atoms with E-state index in [-0.39, 0.29) is 29.3 Å². The second-order valence-corrected chi connectivity index (χ2v) is 12.3. The largest absolute Gasteiger partial charge is 0.573 e. The molecule has 12 heteroatoms. The number of amides is 1. The Balaban J connectivity index is 1.14. The van der Waals surface area contributed by atoms with E-state index in [0.29, 0.717) is 29.5 Å². The summed E-state index contributed by atoms with van der Waals surface area (Å²) in [5.74, 6) is 0.938. The molecule has 45 heavy (non-hydrogen) atoms. The third-order valence-electron chi connectivity index (χ3n) is 7.37. The van der Waals surface area contributed by atoms with Gasteiger partial charge in [-0.1, -0.05) is 56.8 Å². The fourth-order valence-electron chi connectivity index (χ4n) is 5.10. The third kappa shape index (κ3) is 8.50. The van der Waals surface area contributed by atoms with Crippen molar-refractivity contribution < 1.29 is 27.1 Å². The zero-order valence-corrected chi connectivity index (χ0v) is 25.9. The SMILES string of the molecule is CC(CCC(=O)N=C1SCCN1c1ccc(F)cc1C(C)C)Cc1ccc(-c2ncn(-c3ccc(OC(F)(F)F)cc3)n2)cc1. The molecule has 0 bridgehead atoms. The first kappa shape index (κ1) is 32.2. The molecule has 236 valence electrons. The summed E-state index contributed by atoms with van der Waals surface area (Å²) in [5, 5.41) is 5.12. The van der Waals surface area contributed by atoms with E-state index in [0.717, 1.165) is 41.1 Å². The fourth-order valence-corrected chi connectivity index (χ4v) is 6.07. The third-order valence-corrected chi connectivity index (χ3v) is 8.33. The number of alkyl halides is 3. The Labute approximate surface area is 263 Å². The average Bonchev–Trinajstić information content (AvgIpc) is 3.66. The highest BCUT2D eigenvalue weighted by Crippen LogP contribution is 2.33. The van der Waals surface area contributed by atoms with Crippen molar-refractivity contribution >= 4 is 28.5 Å². The molecule has 1 aliphatic rings. The van der Waals surface area contributed by atoms with Crippen LogP contribution < -0.4 is 9.64 Å². The van der Waals surface area contributed by atoms with Crippen LogP contribution in [0.5, 0.6) is 5.75 Å². The van der Waals surface area contributed by atoms with Gasteiger partial charge in [0, 0.05) is 30.0 Å². The number of hydrogen-bond acceptors (Lipinski definition) is 5. The molecule has 1 amide bonds. The Bertz CT molecular complexity index is 1650. The monoisotopic (exact) mass is 639 g/mol. The standard InChI is InChI=1S/C33H33F4N5O2S/c1-21(2)28-19-25(34)9-14-29(28)41-16-17-45-32(41)39-30(43)15-4-22(3)18-23-5-7-24(8-6-23)31-38-20-42(40-31)26-10-12-27(13-11-26)44-33(35,36)37/h5-14,19-22H,4,15-18H2,1-3H3. The predicted octanol–water partition coefficient (Wildman–Crippen LogP) is 8.19. The first-order valence-corrected chi connectivity index (χ1v) is 15.6. The minimum atomic E-state index is -4.75. The second kappa shape index (κ2) is 13.8. The minimum absolute atomic E-state index is 0.137. The van der Waals surface area contributed by atoms with Crippen LogP contribution in [0.15, 0.2) is 78.0 Å². The van der Waals surface area contributed by atoms with Gasteiger partial charge in [-0.15, -0.1) is 18.3 Å². The van der Waals surface area contributed by atoms with Crippen molar-refractivity contribution in [1.82, 2.24) is 14.8 Å². The van der Waals surface area contributed by atoms with Crippen molar-refractivity contribution in [3.05, 3.63) is 90.0 Å². The lowest BCUT2D eigenvalue weighted by atomic mass is 9.96. The lowest BCUT2D eigenvalue weighted by Crippen LogP contribution is -2.26. The molecule has 3 aromatic carbocycles. The maximum absolute atomic E-state index is 13.9. The number of thioether (sulfide) groups is 1. The molecule has 0 radical (unpaired) electrons. The zero-order valence-electron chi connectivity index (χ0n) is 25.1. The first-order valence-electron chi connectivity index (χ1n) is 14.6. The zero-order chi connectivity index (χ0) is 32.1. The van der Waals surface area contributed by atoms with Crippen LogP contribution in [0.2, 0.25) is 0 Å². The summed E-state index contributed by atoms with van der Waals surface area (Å²) in [5.41, 5.74) is 4.25. The van der Waals surface area contributed by atoms with Crippen LogP contribution in [0.4, 0.5) is 23.2 Å². The fraction of sp³-hybridized carbons (Fsp3) is 0.333. The molecule has 1 atom stereocenters. The van der Waals surface area contributed by atoms with Crippen molar-refractivity contribution in [3.63, 3.8) is 0 Å². The van der Waals surface area contributed by atoms with Gasteiger partial charge in [-0.2, -0.15) is 4.99 Å². The number of nitrogens with zero attached hydrogens (tertiary/aromatic N) is 5. The topological polar surface area (TPSA) is 72.6 Å². The number of ether oxygens (including phenoxy) is 1. The number of aromatic nitrogens is 3. The average molecular weight is 640 g/mol. The van der Waals surface area contributed by atoms with Crippen LogP contribution in [0.1, 0.15) is 50.7 Å². The van der Waals surface area contributed by atoms with Gasteiger partial charge in [-0.25, -0.2) is 14.1 Å². The highest BCUT2D eigenvalue weighted by Gasteiger charge is 2.31. The Kier molecular flexibility index (Phi) is 9.91. The molecule has 1 fully saturated rings. The first-order chi connectivity index (χ1) is 21.4. The lowest BCUT2D eigenvalue weighted by Gasteiger charge is -2.23. The number of aliphatic imine (C=N–C) groups is 1. The van der Waals surface area contributed by atoms with E-state index in [1.807, 2.05) is 43.0 Å². The van der Waals surface area contributed by atoms with Crippen molar-refractivity contribution in [2.75, 3.05) is 17.2 Å². The summed E-state index contributed by atoms with van der Waals surface area (Å²) in [6.07, 6.45) is -1.44. The summed E-state index contributed by atoms with van der Waals surface area (Å²) in [6, 6.07) is 18.0. The van der Waals surface area contributed by atoms with E-state index in [2.05, 4.69) is 26.7 Å². The molecule has 0 spiro atoms. The summed E-state index contributed by atoms with van der Waals surface area (Å²) < 4.78 is 56.5. The van der Waals surface area contributed by atoms with Gasteiger partial charge >= 0.3 is 6.36 Å². The summed E-state index contributed by atoms with van der Waals surface area (Å²) in [7, 11) is 0. The number of carbonyl (C=O) groups excluding carboxylic acids is 1.